The lowest BCUT2D eigenvalue weighted by molar-refractivity contribution is 0.293. The van der Waals surface area contributed by atoms with Crippen molar-refractivity contribution in [3.05, 3.63) is 35.4 Å². The highest BCUT2D eigenvalue weighted by Gasteiger charge is 2.24. The Bertz CT molecular complexity index is 329. The van der Waals surface area contributed by atoms with Gasteiger partial charge in [-0.2, -0.15) is 0 Å². The summed E-state index contributed by atoms with van der Waals surface area (Å²) in [7, 11) is 2.08. The van der Waals surface area contributed by atoms with E-state index in [0.717, 1.165) is 19.0 Å². The van der Waals surface area contributed by atoms with Gasteiger partial charge in [-0.05, 0) is 56.9 Å². The average Bonchev–Trinajstić information content (AvgIpc) is 2.34. The Balaban J connectivity index is 2.18. The fraction of sp³-hybridized carbons (Fsp3) is 0.571. The van der Waals surface area contributed by atoms with Crippen LogP contribution >= 0.6 is 0 Å². The van der Waals surface area contributed by atoms with Gasteiger partial charge in [-0.15, -0.1) is 0 Å². The van der Waals surface area contributed by atoms with Crippen LogP contribution in [0.4, 0.5) is 0 Å². The Hall–Kier alpha value is -0.860. The highest BCUT2D eigenvalue weighted by molar-refractivity contribution is 5.29. The highest BCUT2D eigenvalue weighted by atomic mass is 14.9. The molecule has 2 N–H and O–H groups in total. The summed E-state index contributed by atoms with van der Waals surface area (Å²) in [5.74, 6) is 0.771. The van der Waals surface area contributed by atoms with Crippen molar-refractivity contribution in [3.8, 4) is 0 Å². The maximum absolute atomic E-state index is 3.50. The van der Waals surface area contributed by atoms with Crippen LogP contribution in [0.2, 0.25) is 0 Å². The monoisotopic (exact) mass is 218 g/mol. The summed E-state index contributed by atoms with van der Waals surface area (Å²) < 4.78 is 0. The molecule has 16 heavy (non-hydrogen) atoms. The first kappa shape index (κ1) is 11.6. The first-order chi connectivity index (χ1) is 7.83. The molecule has 1 fully saturated rings. The predicted molar refractivity (Wildman–Crippen MR) is 68.6 cm³/mol. The number of benzene rings is 1. The Labute approximate surface area is 98.4 Å². The Morgan fingerprint density at radius 2 is 1.94 bits per heavy atom. The van der Waals surface area contributed by atoms with E-state index in [9.17, 15) is 0 Å². The summed E-state index contributed by atoms with van der Waals surface area (Å²) in [6, 6.07) is 9.25. The second-order valence-electron chi connectivity index (χ2n) is 4.71. The molecule has 0 aliphatic carbocycles. The van der Waals surface area contributed by atoms with E-state index in [0.29, 0.717) is 6.04 Å². The molecule has 1 saturated heterocycles. The van der Waals surface area contributed by atoms with Gasteiger partial charge in [0.1, 0.15) is 0 Å². The molecule has 1 aromatic rings. The van der Waals surface area contributed by atoms with Crippen molar-refractivity contribution in [2.75, 3.05) is 20.1 Å². The smallest absolute Gasteiger partial charge is 0.0349 e. The molecule has 0 amide bonds. The van der Waals surface area contributed by atoms with Crippen LogP contribution in [0.5, 0.6) is 0 Å². The van der Waals surface area contributed by atoms with E-state index in [1.165, 1.54) is 24.0 Å². The van der Waals surface area contributed by atoms with Gasteiger partial charge in [0.15, 0.2) is 0 Å². The molecule has 1 heterocycles. The van der Waals surface area contributed by atoms with E-state index >= 15 is 0 Å². The minimum atomic E-state index is 0.517. The lowest BCUT2D eigenvalue weighted by Gasteiger charge is -2.31. The van der Waals surface area contributed by atoms with Crippen molar-refractivity contribution in [3.63, 3.8) is 0 Å². The van der Waals surface area contributed by atoms with Crippen LogP contribution in [0.25, 0.3) is 0 Å². The third-order valence-corrected chi connectivity index (χ3v) is 3.69. The van der Waals surface area contributed by atoms with Crippen LogP contribution in [0.15, 0.2) is 24.3 Å². The first-order valence-corrected chi connectivity index (χ1v) is 6.26. The van der Waals surface area contributed by atoms with Crippen molar-refractivity contribution in [2.45, 2.75) is 25.8 Å². The Morgan fingerprint density at radius 3 is 2.56 bits per heavy atom. The Morgan fingerprint density at radius 1 is 1.25 bits per heavy atom. The minimum Gasteiger partial charge on any atom is -0.317 e. The molecule has 1 atom stereocenters. The molecule has 0 aromatic heterocycles. The maximum atomic E-state index is 3.50. The van der Waals surface area contributed by atoms with Gasteiger partial charge >= 0.3 is 0 Å². The van der Waals surface area contributed by atoms with E-state index in [4.69, 9.17) is 0 Å². The van der Waals surface area contributed by atoms with Gasteiger partial charge in [0.05, 0.1) is 0 Å². The lowest BCUT2D eigenvalue weighted by Crippen LogP contribution is -2.35. The SMILES string of the molecule is CNC(c1ccccc1C)C1CCNCC1. The fourth-order valence-electron chi connectivity index (χ4n) is 2.76. The number of aryl methyl sites for hydroxylation is 1. The Kier molecular flexibility index (Phi) is 3.97. The molecule has 1 aliphatic heterocycles. The zero-order chi connectivity index (χ0) is 11.4. The van der Waals surface area contributed by atoms with E-state index in [-0.39, 0.29) is 0 Å². The quantitative estimate of drug-likeness (QED) is 0.813. The van der Waals surface area contributed by atoms with E-state index in [1.807, 2.05) is 0 Å². The number of piperidine rings is 1. The van der Waals surface area contributed by atoms with Crippen LogP contribution in [-0.4, -0.2) is 20.1 Å². The fourth-order valence-corrected chi connectivity index (χ4v) is 2.76. The van der Waals surface area contributed by atoms with E-state index < -0.39 is 0 Å². The average molecular weight is 218 g/mol. The van der Waals surface area contributed by atoms with Crippen LogP contribution in [-0.2, 0) is 0 Å². The molecular weight excluding hydrogens is 196 g/mol. The minimum absolute atomic E-state index is 0.517. The zero-order valence-corrected chi connectivity index (χ0v) is 10.3. The van der Waals surface area contributed by atoms with Crippen LogP contribution in [0.3, 0.4) is 0 Å². The third kappa shape index (κ3) is 2.45. The topological polar surface area (TPSA) is 24.1 Å². The predicted octanol–water partition coefficient (Wildman–Crippen LogP) is 2.26. The first-order valence-electron chi connectivity index (χ1n) is 6.26. The number of nitrogens with one attached hydrogen (secondary N) is 2. The van der Waals surface area contributed by atoms with E-state index in [1.54, 1.807) is 0 Å². The van der Waals surface area contributed by atoms with Gasteiger partial charge in [-0.25, -0.2) is 0 Å². The molecule has 88 valence electrons. The molecule has 1 aromatic carbocycles. The van der Waals surface area contributed by atoms with Crippen LogP contribution in [0, 0.1) is 12.8 Å². The summed E-state index contributed by atoms with van der Waals surface area (Å²) in [4.78, 5) is 0. The van der Waals surface area contributed by atoms with Crippen molar-refractivity contribution in [1.29, 1.82) is 0 Å². The van der Waals surface area contributed by atoms with Gasteiger partial charge in [0.2, 0.25) is 0 Å². The van der Waals surface area contributed by atoms with Gasteiger partial charge in [-0.1, -0.05) is 24.3 Å². The second-order valence-corrected chi connectivity index (χ2v) is 4.71. The molecule has 1 unspecified atom stereocenters. The van der Waals surface area contributed by atoms with Gasteiger partial charge in [0, 0.05) is 6.04 Å². The molecule has 0 bridgehead atoms. The summed E-state index contributed by atoms with van der Waals surface area (Å²) in [6.45, 7) is 4.53. The van der Waals surface area contributed by atoms with Crippen molar-refractivity contribution >= 4 is 0 Å². The standard InChI is InChI=1S/C14H22N2/c1-11-5-3-4-6-13(11)14(15-2)12-7-9-16-10-8-12/h3-6,12,14-16H,7-10H2,1-2H3. The maximum Gasteiger partial charge on any atom is 0.0349 e. The largest absolute Gasteiger partial charge is 0.317 e. The number of hydrogen-bond acceptors (Lipinski definition) is 2. The molecule has 2 rings (SSSR count). The van der Waals surface area contributed by atoms with Gasteiger partial charge < -0.3 is 10.6 Å². The third-order valence-electron chi connectivity index (χ3n) is 3.69. The molecule has 2 nitrogen and oxygen atoms in total. The van der Waals surface area contributed by atoms with Crippen LogP contribution < -0.4 is 10.6 Å². The molecule has 0 saturated carbocycles. The highest BCUT2D eigenvalue weighted by Crippen LogP contribution is 2.30. The zero-order valence-electron chi connectivity index (χ0n) is 10.3. The molecular formula is C14H22N2. The number of hydrogen-bond donors (Lipinski definition) is 2. The molecule has 1 aliphatic rings. The summed E-state index contributed by atoms with van der Waals surface area (Å²) in [5.41, 5.74) is 2.87. The number of rotatable bonds is 3. The summed E-state index contributed by atoms with van der Waals surface area (Å²) in [5, 5.41) is 6.93. The van der Waals surface area contributed by atoms with Crippen molar-refractivity contribution < 1.29 is 0 Å². The molecule has 0 spiro atoms. The van der Waals surface area contributed by atoms with E-state index in [2.05, 4.69) is 48.9 Å². The lowest BCUT2D eigenvalue weighted by atomic mass is 9.84. The summed E-state index contributed by atoms with van der Waals surface area (Å²) >= 11 is 0. The molecule has 2 heteroatoms. The van der Waals surface area contributed by atoms with Gasteiger partial charge in [-0.3, -0.25) is 0 Å². The molecule has 0 radical (unpaired) electrons. The second kappa shape index (κ2) is 5.46. The van der Waals surface area contributed by atoms with Crippen molar-refractivity contribution in [1.82, 2.24) is 10.6 Å². The van der Waals surface area contributed by atoms with Gasteiger partial charge in [0.25, 0.3) is 0 Å². The van der Waals surface area contributed by atoms with Crippen LogP contribution in [0.1, 0.15) is 30.0 Å². The normalized spacial score (nSPS) is 19.6. The van der Waals surface area contributed by atoms with Crippen molar-refractivity contribution in [2.24, 2.45) is 5.92 Å². The summed E-state index contributed by atoms with van der Waals surface area (Å²) in [6.07, 6.45) is 2.56.